The first-order chi connectivity index (χ1) is 8.67. The summed E-state index contributed by atoms with van der Waals surface area (Å²) in [6.45, 7) is 11.2. The summed E-state index contributed by atoms with van der Waals surface area (Å²) >= 11 is 0. The first-order valence-corrected chi connectivity index (χ1v) is 7.42. The van der Waals surface area contributed by atoms with Crippen molar-refractivity contribution in [2.45, 2.75) is 59.4 Å². The Bertz CT molecular complexity index is 319. The number of aryl methyl sites for hydroxylation is 1. The van der Waals surface area contributed by atoms with Crippen LogP contribution in [-0.4, -0.2) is 22.9 Å². The van der Waals surface area contributed by atoms with E-state index in [0.717, 1.165) is 31.8 Å². The van der Waals surface area contributed by atoms with E-state index in [1.165, 1.54) is 18.5 Å². The molecular formula is C15H29N3. The number of hydrogen-bond donors (Lipinski definition) is 1. The van der Waals surface area contributed by atoms with Crippen LogP contribution in [-0.2, 0) is 6.42 Å². The molecule has 1 aromatic rings. The average Bonchev–Trinajstić information content (AvgIpc) is 2.84. The van der Waals surface area contributed by atoms with E-state index in [9.17, 15) is 0 Å². The van der Waals surface area contributed by atoms with Crippen LogP contribution >= 0.6 is 0 Å². The Morgan fingerprint density at radius 2 is 2.11 bits per heavy atom. The summed E-state index contributed by atoms with van der Waals surface area (Å²) in [6.07, 6.45) is 6.78. The fourth-order valence-electron chi connectivity index (χ4n) is 1.96. The van der Waals surface area contributed by atoms with Crippen LogP contribution in [0.5, 0.6) is 0 Å². The standard InChI is InChI=1S/C15H29N3/c1-5-10-16-12-13(3)7-8-15-9-11-18(17-15)14(4)6-2/h9,11,13-14,16H,5-8,10,12H2,1-4H3. The summed E-state index contributed by atoms with van der Waals surface area (Å²) in [7, 11) is 0. The molecule has 1 heterocycles. The third kappa shape index (κ3) is 5.21. The van der Waals surface area contributed by atoms with Crippen molar-refractivity contribution in [1.82, 2.24) is 15.1 Å². The number of nitrogens with zero attached hydrogens (tertiary/aromatic N) is 2. The van der Waals surface area contributed by atoms with E-state index in [1.54, 1.807) is 0 Å². The lowest BCUT2D eigenvalue weighted by Crippen LogP contribution is -2.22. The molecule has 0 aliphatic carbocycles. The van der Waals surface area contributed by atoms with Gasteiger partial charge in [-0.05, 0) is 57.7 Å². The molecule has 104 valence electrons. The molecule has 3 heteroatoms. The Hall–Kier alpha value is -0.830. The molecule has 0 saturated heterocycles. The number of nitrogens with one attached hydrogen (secondary N) is 1. The van der Waals surface area contributed by atoms with Crippen molar-refractivity contribution in [2.24, 2.45) is 5.92 Å². The monoisotopic (exact) mass is 251 g/mol. The summed E-state index contributed by atoms with van der Waals surface area (Å²) in [4.78, 5) is 0. The molecule has 0 bridgehead atoms. The molecule has 18 heavy (non-hydrogen) atoms. The summed E-state index contributed by atoms with van der Waals surface area (Å²) in [5.41, 5.74) is 1.23. The highest BCUT2D eigenvalue weighted by atomic mass is 15.3. The lowest BCUT2D eigenvalue weighted by molar-refractivity contribution is 0.460. The fourth-order valence-corrected chi connectivity index (χ4v) is 1.96. The second-order valence-corrected chi connectivity index (χ2v) is 5.39. The minimum absolute atomic E-state index is 0.516. The van der Waals surface area contributed by atoms with E-state index in [1.807, 2.05) is 0 Å². The van der Waals surface area contributed by atoms with Gasteiger partial charge in [-0.25, -0.2) is 0 Å². The SMILES string of the molecule is CCCNCC(C)CCc1ccn(C(C)CC)n1. The maximum Gasteiger partial charge on any atom is 0.0624 e. The van der Waals surface area contributed by atoms with Crippen LogP contribution in [0.25, 0.3) is 0 Å². The molecule has 0 aliphatic rings. The first kappa shape index (κ1) is 15.2. The quantitative estimate of drug-likeness (QED) is 0.682. The highest BCUT2D eigenvalue weighted by Gasteiger charge is 2.07. The maximum atomic E-state index is 4.65. The highest BCUT2D eigenvalue weighted by molar-refractivity contribution is 5.00. The molecule has 0 radical (unpaired) electrons. The van der Waals surface area contributed by atoms with Gasteiger partial charge in [0.2, 0.25) is 0 Å². The third-order valence-corrected chi connectivity index (χ3v) is 3.52. The molecule has 0 saturated carbocycles. The van der Waals surface area contributed by atoms with Crippen molar-refractivity contribution in [3.8, 4) is 0 Å². The van der Waals surface area contributed by atoms with Crippen molar-refractivity contribution < 1.29 is 0 Å². The van der Waals surface area contributed by atoms with Crippen LogP contribution in [0.2, 0.25) is 0 Å². The predicted molar refractivity (Wildman–Crippen MR) is 77.9 cm³/mol. The van der Waals surface area contributed by atoms with E-state index in [0.29, 0.717) is 6.04 Å². The summed E-state index contributed by atoms with van der Waals surface area (Å²) in [5, 5.41) is 8.12. The van der Waals surface area contributed by atoms with Crippen molar-refractivity contribution >= 4 is 0 Å². The molecule has 2 atom stereocenters. The number of rotatable bonds is 9. The largest absolute Gasteiger partial charge is 0.316 e. The smallest absolute Gasteiger partial charge is 0.0624 e. The second kappa shape index (κ2) is 8.30. The zero-order valence-corrected chi connectivity index (χ0v) is 12.4. The minimum atomic E-state index is 0.516. The molecule has 1 N–H and O–H groups in total. The Morgan fingerprint density at radius 3 is 2.78 bits per heavy atom. The zero-order valence-electron chi connectivity index (χ0n) is 12.4. The van der Waals surface area contributed by atoms with Crippen molar-refractivity contribution in [3.05, 3.63) is 18.0 Å². The van der Waals surface area contributed by atoms with Crippen molar-refractivity contribution in [1.29, 1.82) is 0 Å². The number of aromatic nitrogens is 2. The van der Waals surface area contributed by atoms with Gasteiger partial charge in [-0.3, -0.25) is 4.68 Å². The Kier molecular flexibility index (Phi) is 7.02. The summed E-state index contributed by atoms with van der Waals surface area (Å²) in [6, 6.07) is 2.68. The normalized spacial score (nSPS) is 14.7. The van der Waals surface area contributed by atoms with Crippen LogP contribution in [0.3, 0.4) is 0 Å². The van der Waals surface area contributed by atoms with Crippen LogP contribution < -0.4 is 5.32 Å². The lowest BCUT2D eigenvalue weighted by Gasteiger charge is -2.11. The van der Waals surface area contributed by atoms with E-state index >= 15 is 0 Å². The zero-order chi connectivity index (χ0) is 13.4. The van der Waals surface area contributed by atoms with Gasteiger partial charge in [-0.15, -0.1) is 0 Å². The highest BCUT2D eigenvalue weighted by Crippen LogP contribution is 2.12. The van der Waals surface area contributed by atoms with Crippen LogP contribution in [0.1, 0.15) is 58.7 Å². The van der Waals surface area contributed by atoms with Crippen molar-refractivity contribution in [3.63, 3.8) is 0 Å². The molecule has 0 amide bonds. The van der Waals surface area contributed by atoms with E-state index in [2.05, 4.69) is 55.1 Å². The molecule has 1 rings (SSSR count). The average molecular weight is 251 g/mol. The van der Waals surface area contributed by atoms with Crippen molar-refractivity contribution in [2.75, 3.05) is 13.1 Å². The predicted octanol–water partition coefficient (Wildman–Crippen LogP) is 3.42. The van der Waals surface area contributed by atoms with Gasteiger partial charge in [0.15, 0.2) is 0 Å². The lowest BCUT2D eigenvalue weighted by atomic mass is 10.0. The topological polar surface area (TPSA) is 29.9 Å². The summed E-state index contributed by atoms with van der Waals surface area (Å²) in [5.74, 6) is 0.727. The van der Waals surface area contributed by atoms with Gasteiger partial charge in [0.05, 0.1) is 5.69 Å². The third-order valence-electron chi connectivity index (χ3n) is 3.52. The Labute approximate surface area is 112 Å². The van der Waals surface area contributed by atoms with Crippen LogP contribution in [0, 0.1) is 5.92 Å². The fraction of sp³-hybridized carbons (Fsp3) is 0.800. The molecule has 0 aliphatic heterocycles. The second-order valence-electron chi connectivity index (χ2n) is 5.39. The number of hydrogen-bond acceptors (Lipinski definition) is 2. The molecule has 0 aromatic carbocycles. The molecule has 0 spiro atoms. The van der Waals surface area contributed by atoms with Crippen LogP contribution in [0.15, 0.2) is 12.3 Å². The van der Waals surface area contributed by atoms with Gasteiger partial charge in [-0.2, -0.15) is 5.10 Å². The maximum absolute atomic E-state index is 4.65. The van der Waals surface area contributed by atoms with Gasteiger partial charge in [0, 0.05) is 12.2 Å². The van der Waals surface area contributed by atoms with Crippen LogP contribution in [0.4, 0.5) is 0 Å². The molecular weight excluding hydrogens is 222 g/mol. The van der Waals surface area contributed by atoms with E-state index < -0.39 is 0 Å². The van der Waals surface area contributed by atoms with Gasteiger partial charge in [0.1, 0.15) is 0 Å². The summed E-state index contributed by atoms with van der Waals surface area (Å²) < 4.78 is 2.09. The van der Waals surface area contributed by atoms with Gasteiger partial charge in [0.25, 0.3) is 0 Å². The van der Waals surface area contributed by atoms with Gasteiger partial charge >= 0.3 is 0 Å². The van der Waals surface area contributed by atoms with E-state index in [4.69, 9.17) is 0 Å². The molecule has 1 aromatic heterocycles. The molecule has 0 fully saturated rings. The molecule has 3 nitrogen and oxygen atoms in total. The Balaban J connectivity index is 2.28. The Morgan fingerprint density at radius 1 is 1.33 bits per heavy atom. The van der Waals surface area contributed by atoms with Gasteiger partial charge in [-0.1, -0.05) is 20.8 Å². The van der Waals surface area contributed by atoms with Gasteiger partial charge < -0.3 is 5.32 Å². The first-order valence-electron chi connectivity index (χ1n) is 7.42. The minimum Gasteiger partial charge on any atom is -0.316 e. The molecule has 2 unspecified atom stereocenters. The van der Waals surface area contributed by atoms with E-state index in [-0.39, 0.29) is 0 Å².